The van der Waals surface area contributed by atoms with Crippen molar-refractivity contribution >= 4 is 23.4 Å². The summed E-state index contributed by atoms with van der Waals surface area (Å²) in [5.74, 6) is -0.630. The first-order chi connectivity index (χ1) is 11.5. The molecule has 0 aliphatic carbocycles. The SMILES string of the molecule is CC(=O)N1CCN(c2nncc(Nc3ccc(F)cc3F)n2)CC1. The van der Waals surface area contributed by atoms with Crippen LogP contribution >= 0.6 is 0 Å². The van der Waals surface area contributed by atoms with Gasteiger partial charge in [0.25, 0.3) is 0 Å². The van der Waals surface area contributed by atoms with Crippen molar-refractivity contribution in [3.8, 4) is 0 Å². The molecule has 0 bridgehead atoms. The quantitative estimate of drug-likeness (QED) is 0.918. The molecule has 1 aliphatic heterocycles. The first kappa shape index (κ1) is 16.0. The van der Waals surface area contributed by atoms with Gasteiger partial charge in [-0.15, -0.1) is 5.10 Å². The van der Waals surface area contributed by atoms with Crippen LogP contribution < -0.4 is 10.2 Å². The van der Waals surface area contributed by atoms with Crippen molar-refractivity contribution in [3.05, 3.63) is 36.0 Å². The Hall–Kier alpha value is -2.84. The summed E-state index contributed by atoms with van der Waals surface area (Å²) in [5.41, 5.74) is 0.101. The normalized spacial score (nSPS) is 14.6. The molecule has 0 atom stereocenters. The van der Waals surface area contributed by atoms with E-state index in [0.29, 0.717) is 37.9 Å². The molecule has 9 heteroatoms. The zero-order chi connectivity index (χ0) is 17.1. The lowest BCUT2D eigenvalue weighted by Gasteiger charge is -2.33. The van der Waals surface area contributed by atoms with Gasteiger partial charge in [0, 0.05) is 39.2 Å². The average Bonchev–Trinajstić information content (AvgIpc) is 2.58. The van der Waals surface area contributed by atoms with E-state index < -0.39 is 11.6 Å². The lowest BCUT2D eigenvalue weighted by molar-refractivity contribution is -0.129. The Labute approximate surface area is 137 Å². The molecule has 1 aliphatic rings. The highest BCUT2D eigenvalue weighted by Gasteiger charge is 2.21. The minimum Gasteiger partial charge on any atom is -0.339 e. The maximum absolute atomic E-state index is 13.7. The highest BCUT2D eigenvalue weighted by molar-refractivity contribution is 5.73. The number of halogens is 2. The second-order valence-corrected chi connectivity index (χ2v) is 5.38. The third kappa shape index (κ3) is 3.55. The van der Waals surface area contributed by atoms with E-state index in [1.807, 2.05) is 4.90 Å². The van der Waals surface area contributed by atoms with Gasteiger partial charge in [-0.25, -0.2) is 8.78 Å². The first-order valence-electron chi connectivity index (χ1n) is 7.45. The van der Waals surface area contributed by atoms with Gasteiger partial charge in [0.15, 0.2) is 5.82 Å². The van der Waals surface area contributed by atoms with Crippen LogP contribution in [0.25, 0.3) is 0 Å². The molecule has 0 radical (unpaired) electrons. The average molecular weight is 334 g/mol. The Morgan fingerprint density at radius 1 is 1.21 bits per heavy atom. The molecule has 24 heavy (non-hydrogen) atoms. The van der Waals surface area contributed by atoms with Crippen LogP contribution in [-0.4, -0.2) is 52.2 Å². The fourth-order valence-corrected chi connectivity index (χ4v) is 2.44. The standard InChI is InChI=1S/C15H16F2N6O/c1-10(24)22-4-6-23(7-5-22)15-20-14(9-18-21-15)19-13-3-2-11(16)8-12(13)17/h2-3,8-9H,4-7H2,1H3,(H,19,20,21). The number of hydrogen-bond acceptors (Lipinski definition) is 6. The number of piperazine rings is 1. The Kier molecular flexibility index (Phi) is 4.50. The molecule has 3 rings (SSSR count). The number of benzene rings is 1. The number of aromatic nitrogens is 3. The molecule has 2 heterocycles. The molecule has 1 amide bonds. The van der Waals surface area contributed by atoms with E-state index in [0.717, 1.165) is 12.1 Å². The van der Waals surface area contributed by atoms with Crippen LogP contribution in [0.5, 0.6) is 0 Å². The zero-order valence-electron chi connectivity index (χ0n) is 13.0. The third-order valence-corrected chi connectivity index (χ3v) is 3.75. The number of carbonyl (C=O) groups excluding carboxylic acids is 1. The number of anilines is 3. The molecule has 1 aromatic carbocycles. The predicted octanol–water partition coefficient (Wildman–Crippen LogP) is 1.56. The van der Waals surface area contributed by atoms with Crippen LogP contribution in [0.4, 0.5) is 26.2 Å². The summed E-state index contributed by atoms with van der Waals surface area (Å²) >= 11 is 0. The molecule has 1 N–H and O–H groups in total. The van der Waals surface area contributed by atoms with Crippen molar-refractivity contribution in [2.75, 3.05) is 36.4 Å². The van der Waals surface area contributed by atoms with E-state index in [-0.39, 0.29) is 11.6 Å². The molecule has 0 unspecified atom stereocenters. The maximum Gasteiger partial charge on any atom is 0.247 e. The smallest absolute Gasteiger partial charge is 0.247 e. The number of rotatable bonds is 3. The van der Waals surface area contributed by atoms with Crippen molar-refractivity contribution in [2.45, 2.75) is 6.92 Å². The summed E-state index contributed by atoms with van der Waals surface area (Å²) in [4.78, 5) is 19.3. The first-order valence-corrected chi connectivity index (χ1v) is 7.45. The molecule has 126 valence electrons. The van der Waals surface area contributed by atoms with Gasteiger partial charge in [0.2, 0.25) is 11.9 Å². The molecule has 0 spiro atoms. The lowest BCUT2D eigenvalue weighted by atomic mass is 10.3. The van der Waals surface area contributed by atoms with Gasteiger partial charge in [0.05, 0.1) is 11.9 Å². The Morgan fingerprint density at radius 3 is 2.62 bits per heavy atom. The molecule has 0 saturated carbocycles. The zero-order valence-corrected chi connectivity index (χ0v) is 13.0. The van der Waals surface area contributed by atoms with Crippen LogP contribution in [0.3, 0.4) is 0 Å². The van der Waals surface area contributed by atoms with Gasteiger partial charge in [0.1, 0.15) is 11.6 Å². The van der Waals surface area contributed by atoms with Gasteiger partial charge in [-0.05, 0) is 12.1 Å². The van der Waals surface area contributed by atoms with Gasteiger partial charge < -0.3 is 15.1 Å². The highest BCUT2D eigenvalue weighted by atomic mass is 19.1. The van der Waals surface area contributed by atoms with E-state index in [4.69, 9.17) is 0 Å². The summed E-state index contributed by atoms with van der Waals surface area (Å²) in [7, 11) is 0. The number of nitrogens with one attached hydrogen (secondary N) is 1. The number of carbonyl (C=O) groups is 1. The Bertz CT molecular complexity index is 748. The minimum atomic E-state index is -0.717. The van der Waals surface area contributed by atoms with Gasteiger partial charge in [-0.1, -0.05) is 0 Å². The summed E-state index contributed by atoms with van der Waals surface area (Å²) in [5, 5.41) is 10.6. The molecule has 1 saturated heterocycles. The summed E-state index contributed by atoms with van der Waals surface area (Å²) in [6.45, 7) is 3.90. The van der Waals surface area contributed by atoms with Crippen LogP contribution in [-0.2, 0) is 4.79 Å². The molecule has 2 aromatic rings. The third-order valence-electron chi connectivity index (χ3n) is 3.75. The molecular weight excluding hydrogens is 318 g/mol. The van der Waals surface area contributed by atoms with Gasteiger partial charge in [-0.3, -0.25) is 4.79 Å². The predicted molar refractivity (Wildman–Crippen MR) is 83.9 cm³/mol. The maximum atomic E-state index is 13.7. The fourth-order valence-electron chi connectivity index (χ4n) is 2.44. The van der Waals surface area contributed by atoms with E-state index in [1.165, 1.54) is 19.2 Å². The second-order valence-electron chi connectivity index (χ2n) is 5.38. The summed E-state index contributed by atoms with van der Waals surface area (Å²) in [6, 6.07) is 3.23. The molecular formula is C15H16F2N6O. The monoisotopic (exact) mass is 334 g/mol. The summed E-state index contributed by atoms with van der Waals surface area (Å²) in [6.07, 6.45) is 1.36. The largest absolute Gasteiger partial charge is 0.339 e. The number of amides is 1. The van der Waals surface area contributed by atoms with Crippen LogP contribution in [0, 0.1) is 11.6 Å². The fraction of sp³-hybridized carbons (Fsp3) is 0.333. The van der Waals surface area contributed by atoms with Crippen molar-refractivity contribution < 1.29 is 13.6 Å². The molecule has 1 fully saturated rings. The number of hydrogen-bond donors (Lipinski definition) is 1. The second kappa shape index (κ2) is 6.73. The Morgan fingerprint density at radius 2 is 1.96 bits per heavy atom. The van der Waals surface area contributed by atoms with E-state index in [2.05, 4.69) is 20.5 Å². The van der Waals surface area contributed by atoms with Crippen LogP contribution in [0.2, 0.25) is 0 Å². The molecule has 1 aromatic heterocycles. The highest BCUT2D eigenvalue weighted by Crippen LogP contribution is 2.20. The Balaban J connectivity index is 1.71. The lowest BCUT2D eigenvalue weighted by Crippen LogP contribution is -2.48. The van der Waals surface area contributed by atoms with Crippen LogP contribution in [0.1, 0.15) is 6.92 Å². The molecule has 7 nitrogen and oxygen atoms in total. The number of nitrogens with zero attached hydrogens (tertiary/aromatic N) is 5. The van der Waals surface area contributed by atoms with E-state index in [9.17, 15) is 13.6 Å². The van der Waals surface area contributed by atoms with E-state index in [1.54, 1.807) is 4.90 Å². The van der Waals surface area contributed by atoms with Gasteiger partial charge in [-0.2, -0.15) is 10.1 Å². The topological polar surface area (TPSA) is 74.2 Å². The van der Waals surface area contributed by atoms with E-state index >= 15 is 0 Å². The van der Waals surface area contributed by atoms with Crippen LogP contribution in [0.15, 0.2) is 24.4 Å². The van der Waals surface area contributed by atoms with Crippen molar-refractivity contribution in [3.63, 3.8) is 0 Å². The minimum absolute atomic E-state index is 0.0379. The van der Waals surface area contributed by atoms with Crippen molar-refractivity contribution in [1.82, 2.24) is 20.1 Å². The van der Waals surface area contributed by atoms with Gasteiger partial charge >= 0.3 is 0 Å². The van der Waals surface area contributed by atoms with Crippen molar-refractivity contribution in [2.24, 2.45) is 0 Å². The summed E-state index contributed by atoms with van der Waals surface area (Å²) < 4.78 is 26.6. The van der Waals surface area contributed by atoms with Crippen molar-refractivity contribution in [1.29, 1.82) is 0 Å².